The molecule has 0 saturated heterocycles. The fourth-order valence-electron chi connectivity index (χ4n) is 2.60. The first-order valence-electron chi connectivity index (χ1n) is 7.68. The quantitative estimate of drug-likeness (QED) is 0.548. The average molecular weight is 369 g/mol. The van der Waals surface area contributed by atoms with Gasteiger partial charge in [0, 0.05) is 17.1 Å². The van der Waals surface area contributed by atoms with Gasteiger partial charge >= 0.3 is 0 Å². The Labute approximate surface area is 148 Å². The van der Waals surface area contributed by atoms with Crippen LogP contribution in [0.4, 0.5) is 4.39 Å². The topological polar surface area (TPSA) is 86.0 Å². The molecule has 2 heterocycles. The molecule has 0 saturated carbocycles. The predicted octanol–water partition coefficient (Wildman–Crippen LogP) is 3.40. The predicted molar refractivity (Wildman–Crippen MR) is 92.3 cm³/mol. The zero-order chi connectivity index (χ0) is 18.1. The Morgan fingerprint density at radius 3 is 2.58 bits per heavy atom. The van der Waals surface area contributed by atoms with Crippen LogP contribution in [0.15, 0.2) is 70.2 Å². The molecule has 0 radical (unpaired) electrons. The summed E-state index contributed by atoms with van der Waals surface area (Å²) in [6.45, 7) is 0. The maximum absolute atomic E-state index is 13.0. The minimum Gasteiger partial charge on any atom is -0.334 e. The molecule has 26 heavy (non-hydrogen) atoms. The van der Waals surface area contributed by atoms with Gasteiger partial charge in [-0.2, -0.15) is 4.98 Å². The molecule has 0 aliphatic carbocycles. The molecule has 2 aromatic heterocycles. The second-order valence-corrected chi connectivity index (χ2v) is 7.57. The van der Waals surface area contributed by atoms with E-state index in [1.54, 1.807) is 30.5 Å². The molecule has 0 aliphatic heterocycles. The van der Waals surface area contributed by atoms with Crippen molar-refractivity contribution in [3.63, 3.8) is 0 Å². The highest BCUT2D eigenvalue weighted by Gasteiger charge is 2.22. The van der Waals surface area contributed by atoms with Gasteiger partial charge in [0.1, 0.15) is 11.6 Å². The third kappa shape index (κ3) is 3.06. The van der Waals surface area contributed by atoms with E-state index in [0.29, 0.717) is 11.1 Å². The number of fused-ring (bicyclic) bond motifs is 1. The largest absolute Gasteiger partial charge is 0.334 e. The molecule has 0 unspecified atom stereocenters. The van der Waals surface area contributed by atoms with Crippen molar-refractivity contribution in [3.8, 4) is 11.5 Å². The van der Waals surface area contributed by atoms with Crippen LogP contribution in [0.2, 0.25) is 0 Å². The molecule has 4 rings (SSSR count). The molecule has 0 N–H and O–H groups in total. The molecule has 8 heteroatoms. The van der Waals surface area contributed by atoms with Crippen LogP contribution in [0.1, 0.15) is 5.82 Å². The Kier molecular flexibility index (Phi) is 3.96. The Morgan fingerprint density at radius 1 is 1.00 bits per heavy atom. The monoisotopic (exact) mass is 369 g/mol. The molecule has 0 aliphatic rings. The number of rotatable bonds is 4. The van der Waals surface area contributed by atoms with Gasteiger partial charge in [0.25, 0.3) is 5.89 Å². The molecule has 4 aromatic rings. The highest BCUT2D eigenvalue weighted by atomic mass is 32.2. The third-order valence-electron chi connectivity index (χ3n) is 3.81. The van der Waals surface area contributed by atoms with E-state index in [0.717, 1.165) is 5.39 Å². The normalized spacial score (nSPS) is 11.7. The summed E-state index contributed by atoms with van der Waals surface area (Å²) < 4.78 is 43.7. The van der Waals surface area contributed by atoms with E-state index in [1.807, 2.05) is 0 Å². The number of hydrogen-bond donors (Lipinski definition) is 0. The second-order valence-electron chi connectivity index (χ2n) is 5.61. The van der Waals surface area contributed by atoms with Crippen molar-refractivity contribution < 1.29 is 17.3 Å². The van der Waals surface area contributed by atoms with Crippen molar-refractivity contribution in [2.75, 3.05) is 0 Å². The van der Waals surface area contributed by atoms with E-state index < -0.39 is 15.6 Å². The zero-order valence-electron chi connectivity index (χ0n) is 13.3. The lowest BCUT2D eigenvalue weighted by molar-refractivity contribution is 0.424. The van der Waals surface area contributed by atoms with Crippen LogP contribution in [-0.2, 0) is 15.6 Å². The van der Waals surface area contributed by atoms with E-state index in [2.05, 4.69) is 15.1 Å². The molecule has 0 spiro atoms. The number of hydrogen-bond acceptors (Lipinski definition) is 6. The van der Waals surface area contributed by atoms with Gasteiger partial charge in [0.05, 0.1) is 10.4 Å². The van der Waals surface area contributed by atoms with Crippen molar-refractivity contribution in [1.82, 2.24) is 15.1 Å². The molecule has 0 amide bonds. The van der Waals surface area contributed by atoms with Crippen LogP contribution < -0.4 is 0 Å². The summed E-state index contributed by atoms with van der Waals surface area (Å²) >= 11 is 0. The number of halogens is 1. The van der Waals surface area contributed by atoms with Gasteiger partial charge in [-0.1, -0.05) is 23.4 Å². The Bertz CT molecular complexity index is 1180. The minimum absolute atomic E-state index is 0.0252. The van der Waals surface area contributed by atoms with Crippen LogP contribution >= 0.6 is 0 Å². The molecule has 0 bridgehead atoms. The number of nitrogens with zero attached hydrogens (tertiary/aromatic N) is 3. The van der Waals surface area contributed by atoms with Gasteiger partial charge < -0.3 is 4.52 Å². The van der Waals surface area contributed by atoms with Crippen LogP contribution in [-0.4, -0.2) is 23.5 Å². The first-order chi connectivity index (χ1) is 12.5. The first-order valence-corrected chi connectivity index (χ1v) is 9.33. The lowest BCUT2D eigenvalue weighted by atomic mass is 10.2. The van der Waals surface area contributed by atoms with Gasteiger partial charge in [-0.25, -0.2) is 12.8 Å². The fraction of sp³-hybridized carbons (Fsp3) is 0.0556. The van der Waals surface area contributed by atoms with Gasteiger partial charge in [-0.15, -0.1) is 0 Å². The molecule has 6 nitrogen and oxygen atoms in total. The van der Waals surface area contributed by atoms with E-state index in [9.17, 15) is 12.8 Å². The number of aromatic nitrogens is 3. The molecule has 130 valence electrons. The average Bonchev–Trinajstić information content (AvgIpc) is 3.09. The van der Waals surface area contributed by atoms with Gasteiger partial charge in [-0.3, -0.25) is 4.98 Å². The summed E-state index contributed by atoms with van der Waals surface area (Å²) in [7, 11) is -3.72. The molecular weight excluding hydrogens is 357 g/mol. The van der Waals surface area contributed by atoms with E-state index >= 15 is 0 Å². The van der Waals surface area contributed by atoms with Crippen molar-refractivity contribution in [1.29, 1.82) is 0 Å². The Morgan fingerprint density at radius 2 is 1.77 bits per heavy atom. The smallest absolute Gasteiger partial charge is 0.257 e. The summed E-state index contributed by atoms with van der Waals surface area (Å²) in [6, 6.07) is 14.0. The van der Waals surface area contributed by atoms with Crippen molar-refractivity contribution in [2.24, 2.45) is 0 Å². The van der Waals surface area contributed by atoms with Crippen molar-refractivity contribution in [3.05, 3.63) is 72.4 Å². The van der Waals surface area contributed by atoms with E-state index in [4.69, 9.17) is 4.52 Å². The highest BCUT2D eigenvalue weighted by Crippen LogP contribution is 2.24. The Balaban J connectivity index is 1.67. The van der Waals surface area contributed by atoms with Gasteiger partial charge in [-0.05, 0) is 36.4 Å². The number of para-hydroxylation sites is 1. The fourth-order valence-corrected chi connectivity index (χ4v) is 3.96. The molecule has 2 aromatic carbocycles. The summed E-state index contributed by atoms with van der Waals surface area (Å²) in [6.07, 6.45) is 1.54. The minimum atomic E-state index is -3.72. The van der Waals surface area contributed by atoms with E-state index in [1.165, 1.54) is 30.3 Å². The maximum atomic E-state index is 13.0. The van der Waals surface area contributed by atoms with Gasteiger partial charge in [0.15, 0.2) is 15.7 Å². The zero-order valence-corrected chi connectivity index (χ0v) is 14.1. The first kappa shape index (κ1) is 16.3. The summed E-state index contributed by atoms with van der Waals surface area (Å²) in [5, 5.41) is 4.46. The van der Waals surface area contributed by atoms with Crippen LogP contribution in [0, 0.1) is 5.82 Å². The van der Waals surface area contributed by atoms with Crippen LogP contribution in [0.25, 0.3) is 22.4 Å². The second kappa shape index (κ2) is 6.30. The lowest BCUT2D eigenvalue weighted by Gasteiger charge is -2.05. The number of benzene rings is 2. The van der Waals surface area contributed by atoms with Crippen molar-refractivity contribution in [2.45, 2.75) is 10.6 Å². The summed E-state index contributed by atoms with van der Waals surface area (Å²) in [4.78, 5) is 8.39. The van der Waals surface area contributed by atoms with Crippen LogP contribution in [0.5, 0.6) is 0 Å². The molecular formula is C18H12FN3O3S. The molecule has 0 fully saturated rings. The van der Waals surface area contributed by atoms with Crippen LogP contribution in [0.3, 0.4) is 0 Å². The maximum Gasteiger partial charge on any atom is 0.257 e. The SMILES string of the molecule is O=S(=O)(Cc1noc(-c2ccc(F)cc2)n1)c1cccc2cccnc12. The van der Waals surface area contributed by atoms with Gasteiger partial charge in [0.2, 0.25) is 0 Å². The highest BCUT2D eigenvalue weighted by molar-refractivity contribution is 7.90. The Hall–Kier alpha value is -3.13. The third-order valence-corrected chi connectivity index (χ3v) is 5.45. The summed E-state index contributed by atoms with van der Waals surface area (Å²) in [5.74, 6) is -0.657. The summed E-state index contributed by atoms with van der Waals surface area (Å²) in [5.41, 5.74) is 0.909. The number of sulfone groups is 1. The van der Waals surface area contributed by atoms with Crippen molar-refractivity contribution >= 4 is 20.7 Å². The molecule has 0 atom stereocenters. The lowest BCUT2D eigenvalue weighted by Crippen LogP contribution is -2.07. The van der Waals surface area contributed by atoms with E-state index in [-0.39, 0.29) is 22.4 Å². The standard InChI is InChI=1S/C18H12FN3O3S/c19-14-8-6-13(7-9-14)18-21-16(22-25-18)11-26(23,24)15-5-1-3-12-4-2-10-20-17(12)15/h1-10H,11H2. The number of pyridine rings is 1.